The Hall–Kier alpha value is -0.870. The largest absolute Gasteiger partial charge is 0.347 e. The molecule has 0 spiro atoms. The van der Waals surface area contributed by atoms with Crippen molar-refractivity contribution in [3.8, 4) is 0 Å². The Bertz CT molecular complexity index is 149. The first kappa shape index (κ1) is 6.25. The molecule has 1 rings (SSSR count). The van der Waals surface area contributed by atoms with Gasteiger partial charge in [-0.15, -0.1) is 0 Å². The van der Waals surface area contributed by atoms with Gasteiger partial charge in [0.1, 0.15) is 0 Å². The van der Waals surface area contributed by atoms with Crippen molar-refractivity contribution in [2.24, 2.45) is 0 Å². The van der Waals surface area contributed by atoms with Crippen LogP contribution in [0.1, 0.15) is 5.69 Å². The predicted molar refractivity (Wildman–Crippen MR) is 32.4 cm³/mol. The van der Waals surface area contributed by atoms with Gasteiger partial charge in [-0.2, -0.15) is 5.48 Å². The first-order valence-electron chi connectivity index (χ1n) is 2.66. The third kappa shape index (κ3) is 1.83. The van der Waals surface area contributed by atoms with E-state index < -0.39 is 0 Å². The standard InChI is InChI=1S/C5H9N3O/c1-9-8-3-5-2-6-4-7-5/h2,4,8H,3H2,1H3,(H,6,7). The molecule has 2 N–H and O–H groups in total. The van der Waals surface area contributed by atoms with Crippen LogP contribution in [0.4, 0.5) is 0 Å². The molecular weight excluding hydrogens is 118 g/mol. The number of hydrogen-bond acceptors (Lipinski definition) is 3. The molecule has 0 radical (unpaired) electrons. The van der Waals surface area contributed by atoms with Crippen LogP contribution in [-0.4, -0.2) is 17.1 Å². The van der Waals surface area contributed by atoms with Gasteiger partial charge in [0.25, 0.3) is 0 Å². The summed E-state index contributed by atoms with van der Waals surface area (Å²) >= 11 is 0. The summed E-state index contributed by atoms with van der Waals surface area (Å²) in [5.74, 6) is 0. The fourth-order valence-corrected chi connectivity index (χ4v) is 0.531. The van der Waals surface area contributed by atoms with Gasteiger partial charge in [0.05, 0.1) is 25.7 Å². The van der Waals surface area contributed by atoms with Gasteiger partial charge in [-0.3, -0.25) is 0 Å². The molecule has 0 bridgehead atoms. The van der Waals surface area contributed by atoms with E-state index in [4.69, 9.17) is 0 Å². The highest BCUT2D eigenvalue weighted by atomic mass is 16.6. The van der Waals surface area contributed by atoms with Crippen molar-refractivity contribution in [2.45, 2.75) is 6.54 Å². The normalized spacial score (nSPS) is 9.89. The highest BCUT2D eigenvalue weighted by molar-refractivity contribution is 4.92. The van der Waals surface area contributed by atoms with Crippen molar-refractivity contribution in [3.05, 3.63) is 18.2 Å². The quantitative estimate of drug-likeness (QED) is 0.564. The number of aromatic amines is 1. The Labute approximate surface area is 53.2 Å². The fourth-order valence-electron chi connectivity index (χ4n) is 0.531. The fraction of sp³-hybridized carbons (Fsp3) is 0.400. The number of rotatable bonds is 3. The molecule has 0 fully saturated rings. The lowest BCUT2D eigenvalue weighted by molar-refractivity contribution is 0.0859. The van der Waals surface area contributed by atoms with E-state index in [2.05, 4.69) is 20.3 Å². The van der Waals surface area contributed by atoms with Gasteiger partial charge < -0.3 is 9.82 Å². The summed E-state index contributed by atoms with van der Waals surface area (Å²) in [5.41, 5.74) is 3.69. The minimum atomic E-state index is 0.663. The van der Waals surface area contributed by atoms with Crippen LogP contribution in [0.2, 0.25) is 0 Å². The van der Waals surface area contributed by atoms with E-state index in [0.717, 1.165) is 5.69 Å². The monoisotopic (exact) mass is 127 g/mol. The molecule has 0 aromatic carbocycles. The molecule has 0 saturated carbocycles. The molecule has 0 saturated heterocycles. The molecule has 4 heteroatoms. The van der Waals surface area contributed by atoms with Crippen LogP contribution in [0.5, 0.6) is 0 Å². The maximum atomic E-state index is 4.62. The molecule has 50 valence electrons. The molecule has 1 aromatic rings. The SMILES string of the molecule is CONCc1cnc[nH]1. The van der Waals surface area contributed by atoms with Gasteiger partial charge in [0.2, 0.25) is 0 Å². The molecule has 0 unspecified atom stereocenters. The van der Waals surface area contributed by atoms with Crippen molar-refractivity contribution in [1.82, 2.24) is 15.4 Å². The highest BCUT2D eigenvalue weighted by Crippen LogP contribution is 1.87. The summed E-state index contributed by atoms with van der Waals surface area (Å²) in [6, 6.07) is 0. The average Bonchev–Trinajstić information content (AvgIpc) is 2.34. The van der Waals surface area contributed by atoms with Crippen molar-refractivity contribution in [2.75, 3.05) is 7.11 Å². The van der Waals surface area contributed by atoms with E-state index >= 15 is 0 Å². The summed E-state index contributed by atoms with van der Waals surface area (Å²) in [5, 5.41) is 0. The second-order valence-electron chi connectivity index (χ2n) is 1.60. The van der Waals surface area contributed by atoms with Gasteiger partial charge in [-0.25, -0.2) is 4.98 Å². The van der Waals surface area contributed by atoms with Gasteiger partial charge in [-0.1, -0.05) is 0 Å². The second-order valence-corrected chi connectivity index (χ2v) is 1.60. The Morgan fingerprint density at radius 3 is 3.33 bits per heavy atom. The number of nitrogens with one attached hydrogen (secondary N) is 2. The Balaban J connectivity index is 2.30. The van der Waals surface area contributed by atoms with Gasteiger partial charge in [0.15, 0.2) is 0 Å². The third-order valence-corrected chi connectivity index (χ3v) is 0.962. The molecule has 0 aliphatic carbocycles. The van der Waals surface area contributed by atoms with Gasteiger partial charge in [-0.05, 0) is 0 Å². The van der Waals surface area contributed by atoms with E-state index in [9.17, 15) is 0 Å². The smallest absolute Gasteiger partial charge is 0.0922 e. The van der Waals surface area contributed by atoms with E-state index in [1.54, 1.807) is 19.6 Å². The van der Waals surface area contributed by atoms with E-state index in [1.165, 1.54) is 0 Å². The van der Waals surface area contributed by atoms with Crippen LogP contribution in [0.3, 0.4) is 0 Å². The Morgan fingerprint density at radius 2 is 2.78 bits per heavy atom. The summed E-state index contributed by atoms with van der Waals surface area (Å²) in [4.78, 5) is 11.4. The van der Waals surface area contributed by atoms with Crippen molar-refractivity contribution in [1.29, 1.82) is 0 Å². The summed E-state index contributed by atoms with van der Waals surface area (Å²) in [6.45, 7) is 0.663. The third-order valence-electron chi connectivity index (χ3n) is 0.962. The summed E-state index contributed by atoms with van der Waals surface area (Å²) < 4.78 is 0. The van der Waals surface area contributed by atoms with Crippen LogP contribution in [0.25, 0.3) is 0 Å². The number of hydroxylamine groups is 1. The predicted octanol–water partition coefficient (Wildman–Crippen LogP) is 0.0607. The minimum absolute atomic E-state index is 0.663. The zero-order chi connectivity index (χ0) is 6.53. The Morgan fingerprint density at radius 1 is 1.89 bits per heavy atom. The van der Waals surface area contributed by atoms with Gasteiger partial charge in [0, 0.05) is 6.20 Å². The number of imidazole rings is 1. The molecule has 0 atom stereocenters. The number of aromatic nitrogens is 2. The van der Waals surface area contributed by atoms with Crippen LogP contribution in [0.15, 0.2) is 12.5 Å². The molecule has 1 aromatic heterocycles. The molecule has 9 heavy (non-hydrogen) atoms. The number of nitrogens with zero attached hydrogens (tertiary/aromatic N) is 1. The van der Waals surface area contributed by atoms with Crippen LogP contribution in [0, 0.1) is 0 Å². The first-order chi connectivity index (χ1) is 4.43. The lowest BCUT2D eigenvalue weighted by Gasteiger charge is -1.95. The van der Waals surface area contributed by atoms with Crippen LogP contribution < -0.4 is 5.48 Å². The van der Waals surface area contributed by atoms with Crippen molar-refractivity contribution >= 4 is 0 Å². The zero-order valence-corrected chi connectivity index (χ0v) is 5.22. The molecule has 4 nitrogen and oxygen atoms in total. The lowest BCUT2D eigenvalue weighted by Crippen LogP contribution is -2.10. The van der Waals surface area contributed by atoms with Crippen molar-refractivity contribution < 1.29 is 4.84 Å². The van der Waals surface area contributed by atoms with Crippen LogP contribution >= 0.6 is 0 Å². The van der Waals surface area contributed by atoms with E-state index in [1.807, 2.05) is 0 Å². The summed E-state index contributed by atoms with van der Waals surface area (Å²) in [7, 11) is 1.58. The van der Waals surface area contributed by atoms with E-state index in [-0.39, 0.29) is 0 Å². The topological polar surface area (TPSA) is 49.9 Å². The number of hydrogen-bond donors (Lipinski definition) is 2. The maximum absolute atomic E-state index is 4.62. The lowest BCUT2D eigenvalue weighted by atomic mass is 10.5. The molecule has 0 aliphatic rings. The average molecular weight is 127 g/mol. The van der Waals surface area contributed by atoms with E-state index in [0.29, 0.717) is 6.54 Å². The van der Waals surface area contributed by atoms with Crippen LogP contribution in [-0.2, 0) is 11.4 Å². The molecule has 0 aliphatic heterocycles. The molecule has 0 amide bonds. The number of H-pyrrole nitrogens is 1. The maximum Gasteiger partial charge on any atom is 0.0922 e. The minimum Gasteiger partial charge on any atom is -0.347 e. The zero-order valence-electron chi connectivity index (χ0n) is 5.22. The van der Waals surface area contributed by atoms with Crippen molar-refractivity contribution in [3.63, 3.8) is 0 Å². The second kappa shape index (κ2) is 3.21. The van der Waals surface area contributed by atoms with Gasteiger partial charge >= 0.3 is 0 Å². The Kier molecular flexibility index (Phi) is 2.23. The molecular formula is C5H9N3O. The first-order valence-corrected chi connectivity index (χ1v) is 2.66. The molecule has 1 heterocycles. The highest BCUT2D eigenvalue weighted by Gasteiger charge is 1.88. The summed E-state index contributed by atoms with van der Waals surface area (Å²) in [6.07, 6.45) is 3.37.